The first-order valence-electron chi connectivity index (χ1n) is 7.47. The number of carboxylic acids is 1. The van der Waals surface area contributed by atoms with Gasteiger partial charge in [0.05, 0.1) is 5.69 Å². The van der Waals surface area contributed by atoms with Crippen LogP contribution in [0.4, 0.5) is 10.5 Å². The second-order valence-electron chi connectivity index (χ2n) is 5.43. The van der Waals surface area contributed by atoms with Crippen molar-refractivity contribution in [3.63, 3.8) is 0 Å². The molecule has 0 saturated heterocycles. The van der Waals surface area contributed by atoms with Crippen LogP contribution in [0.3, 0.4) is 0 Å². The first kappa shape index (κ1) is 15.1. The number of carbonyl (C=O) groups excluding carboxylic acids is 1. The molecule has 0 bridgehead atoms. The van der Waals surface area contributed by atoms with Gasteiger partial charge in [-0.05, 0) is 30.0 Å². The Morgan fingerprint density at radius 3 is 2.52 bits per heavy atom. The number of hydrogen-bond donors (Lipinski definition) is 1. The van der Waals surface area contributed by atoms with Crippen molar-refractivity contribution in [3.8, 4) is 0 Å². The molecule has 5 heteroatoms. The minimum atomic E-state index is -1.02. The summed E-state index contributed by atoms with van der Waals surface area (Å²) in [6, 6.07) is 15.8. The average molecular weight is 311 g/mol. The van der Waals surface area contributed by atoms with Gasteiger partial charge in [0, 0.05) is 0 Å². The second-order valence-corrected chi connectivity index (χ2v) is 5.43. The topological polar surface area (TPSA) is 66.8 Å². The summed E-state index contributed by atoms with van der Waals surface area (Å²) in [5.41, 5.74) is 2.43. The highest BCUT2D eigenvalue weighted by Gasteiger charge is 2.36. The van der Waals surface area contributed by atoms with Gasteiger partial charge in [0.2, 0.25) is 0 Å². The van der Waals surface area contributed by atoms with Crippen molar-refractivity contribution < 1.29 is 19.4 Å². The summed E-state index contributed by atoms with van der Waals surface area (Å²) in [5.74, 6) is -1.02. The monoisotopic (exact) mass is 311 g/mol. The van der Waals surface area contributed by atoms with E-state index in [2.05, 4.69) is 0 Å². The molecule has 1 aliphatic heterocycles. The SMILES string of the molecule is O=C(O)[C@H]1CCc2ccccc2N1C(=O)OCc1ccccc1. The van der Waals surface area contributed by atoms with Crippen molar-refractivity contribution in [1.82, 2.24) is 0 Å². The highest BCUT2D eigenvalue weighted by atomic mass is 16.6. The van der Waals surface area contributed by atoms with Gasteiger partial charge in [0.15, 0.2) is 0 Å². The molecule has 2 aromatic rings. The number of aliphatic carboxylic acids is 1. The first-order chi connectivity index (χ1) is 11.2. The molecule has 1 heterocycles. The number of fused-ring (bicyclic) bond motifs is 1. The largest absolute Gasteiger partial charge is 0.480 e. The van der Waals surface area contributed by atoms with Crippen molar-refractivity contribution in [2.24, 2.45) is 0 Å². The van der Waals surface area contributed by atoms with E-state index in [0.29, 0.717) is 18.5 Å². The smallest absolute Gasteiger partial charge is 0.415 e. The first-order valence-corrected chi connectivity index (χ1v) is 7.47. The van der Waals surface area contributed by atoms with Crippen LogP contribution in [-0.4, -0.2) is 23.2 Å². The normalized spacial score (nSPS) is 16.5. The molecule has 2 aromatic carbocycles. The average Bonchev–Trinajstić information content (AvgIpc) is 2.59. The van der Waals surface area contributed by atoms with E-state index >= 15 is 0 Å². The number of rotatable bonds is 3. The van der Waals surface area contributed by atoms with Gasteiger partial charge in [-0.15, -0.1) is 0 Å². The van der Waals surface area contributed by atoms with Gasteiger partial charge in [-0.25, -0.2) is 9.59 Å². The van der Waals surface area contributed by atoms with E-state index in [1.807, 2.05) is 42.5 Å². The zero-order valence-electron chi connectivity index (χ0n) is 12.5. The standard InChI is InChI=1S/C18H17NO4/c20-17(21)16-11-10-14-8-4-5-9-15(14)19(16)18(22)23-12-13-6-2-1-3-7-13/h1-9,16H,10-12H2,(H,20,21)/t16-/m1/s1. The Kier molecular flexibility index (Phi) is 4.28. The summed E-state index contributed by atoms with van der Waals surface area (Å²) in [6.07, 6.45) is 0.385. The number of ether oxygens (including phenoxy) is 1. The summed E-state index contributed by atoms with van der Waals surface area (Å²) >= 11 is 0. The second kappa shape index (κ2) is 6.52. The fraction of sp³-hybridized carbons (Fsp3) is 0.222. The Morgan fingerprint density at radius 2 is 1.78 bits per heavy atom. The van der Waals surface area contributed by atoms with Crippen LogP contribution in [0.15, 0.2) is 54.6 Å². The molecule has 1 N–H and O–H groups in total. The van der Waals surface area contributed by atoms with Crippen LogP contribution in [0.25, 0.3) is 0 Å². The maximum Gasteiger partial charge on any atom is 0.415 e. The Morgan fingerprint density at radius 1 is 1.09 bits per heavy atom. The summed E-state index contributed by atoms with van der Waals surface area (Å²) < 4.78 is 5.33. The van der Waals surface area contributed by atoms with Gasteiger partial charge in [-0.1, -0.05) is 48.5 Å². The van der Waals surface area contributed by atoms with E-state index in [0.717, 1.165) is 11.1 Å². The number of amides is 1. The molecule has 0 spiro atoms. The summed E-state index contributed by atoms with van der Waals surface area (Å²) in [5, 5.41) is 9.42. The molecule has 23 heavy (non-hydrogen) atoms. The number of nitrogens with zero attached hydrogens (tertiary/aromatic N) is 1. The molecule has 0 fully saturated rings. The lowest BCUT2D eigenvalue weighted by Crippen LogP contribution is -2.48. The molecule has 0 aromatic heterocycles. The fourth-order valence-electron chi connectivity index (χ4n) is 2.79. The van der Waals surface area contributed by atoms with Gasteiger partial charge in [-0.2, -0.15) is 0 Å². The zero-order valence-corrected chi connectivity index (χ0v) is 12.5. The van der Waals surface area contributed by atoms with Crippen molar-refractivity contribution >= 4 is 17.7 Å². The molecule has 118 valence electrons. The molecular weight excluding hydrogens is 294 g/mol. The van der Waals surface area contributed by atoms with E-state index in [1.54, 1.807) is 12.1 Å². The maximum atomic E-state index is 12.5. The van der Waals surface area contributed by atoms with Gasteiger partial charge >= 0.3 is 12.1 Å². The van der Waals surface area contributed by atoms with Gasteiger partial charge < -0.3 is 9.84 Å². The molecule has 0 aliphatic carbocycles. The molecule has 1 aliphatic rings. The van der Waals surface area contributed by atoms with E-state index in [4.69, 9.17) is 4.74 Å². The Balaban J connectivity index is 1.82. The van der Waals surface area contributed by atoms with E-state index in [1.165, 1.54) is 4.90 Å². The predicted molar refractivity (Wildman–Crippen MR) is 85.3 cm³/mol. The maximum absolute atomic E-state index is 12.5. The molecule has 1 atom stereocenters. The zero-order chi connectivity index (χ0) is 16.2. The van der Waals surface area contributed by atoms with Crippen LogP contribution >= 0.6 is 0 Å². The van der Waals surface area contributed by atoms with Crippen molar-refractivity contribution in [1.29, 1.82) is 0 Å². The van der Waals surface area contributed by atoms with Gasteiger partial charge in [0.1, 0.15) is 12.6 Å². The number of carbonyl (C=O) groups is 2. The predicted octanol–water partition coefficient (Wildman–Crippen LogP) is 3.23. The van der Waals surface area contributed by atoms with Crippen LogP contribution < -0.4 is 4.90 Å². The summed E-state index contributed by atoms with van der Waals surface area (Å²) in [7, 11) is 0. The minimum absolute atomic E-state index is 0.116. The van der Waals surface area contributed by atoms with Crippen LogP contribution in [0.1, 0.15) is 17.5 Å². The number of anilines is 1. The van der Waals surface area contributed by atoms with Crippen LogP contribution in [0.2, 0.25) is 0 Å². The van der Waals surface area contributed by atoms with Crippen molar-refractivity contribution in [3.05, 3.63) is 65.7 Å². The molecule has 0 radical (unpaired) electrons. The molecule has 5 nitrogen and oxygen atoms in total. The number of aryl methyl sites for hydroxylation is 1. The van der Waals surface area contributed by atoms with E-state index in [9.17, 15) is 14.7 Å². The Bertz CT molecular complexity index is 714. The van der Waals surface area contributed by atoms with Gasteiger partial charge in [0.25, 0.3) is 0 Å². The molecular formula is C18H17NO4. The summed E-state index contributed by atoms with van der Waals surface area (Å²) in [6.45, 7) is 0.116. The van der Waals surface area contributed by atoms with Gasteiger partial charge in [-0.3, -0.25) is 4.90 Å². The number of carboxylic acid groups (broad SMARTS) is 1. The fourth-order valence-corrected chi connectivity index (χ4v) is 2.79. The Labute approximate surface area is 134 Å². The van der Waals surface area contributed by atoms with Crippen molar-refractivity contribution in [2.75, 3.05) is 4.90 Å². The van der Waals surface area contributed by atoms with E-state index < -0.39 is 18.1 Å². The molecule has 3 rings (SSSR count). The lowest BCUT2D eigenvalue weighted by atomic mass is 9.96. The minimum Gasteiger partial charge on any atom is -0.480 e. The van der Waals surface area contributed by atoms with Crippen LogP contribution in [0, 0.1) is 0 Å². The van der Waals surface area contributed by atoms with Crippen molar-refractivity contribution in [2.45, 2.75) is 25.5 Å². The molecule has 1 amide bonds. The lowest BCUT2D eigenvalue weighted by molar-refractivity contribution is -0.138. The third kappa shape index (κ3) is 3.18. The number of para-hydroxylation sites is 1. The third-order valence-electron chi connectivity index (χ3n) is 3.94. The Hall–Kier alpha value is -2.82. The number of hydrogen-bond acceptors (Lipinski definition) is 3. The van der Waals surface area contributed by atoms with Crippen LogP contribution in [-0.2, 0) is 22.6 Å². The number of benzene rings is 2. The quantitative estimate of drug-likeness (QED) is 0.945. The molecule has 0 unspecified atom stereocenters. The molecule has 0 saturated carbocycles. The van der Waals surface area contributed by atoms with E-state index in [-0.39, 0.29) is 6.61 Å². The van der Waals surface area contributed by atoms with Crippen LogP contribution in [0.5, 0.6) is 0 Å². The lowest BCUT2D eigenvalue weighted by Gasteiger charge is -2.33. The highest BCUT2D eigenvalue weighted by molar-refractivity contribution is 5.96. The summed E-state index contributed by atoms with van der Waals surface area (Å²) in [4.78, 5) is 25.2. The highest BCUT2D eigenvalue weighted by Crippen LogP contribution is 2.31. The third-order valence-corrected chi connectivity index (χ3v) is 3.94.